The summed E-state index contributed by atoms with van der Waals surface area (Å²) in [6, 6.07) is 13.1. The number of nitrogens with zero attached hydrogens (tertiary/aromatic N) is 3. The monoisotopic (exact) mass is 578 g/mol. The fourth-order valence-corrected chi connectivity index (χ4v) is 6.71. The van der Waals surface area contributed by atoms with Gasteiger partial charge in [0, 0.05) is 26.2 Å². The highest BCUT2D eigenvalue weighted by molar-refractivity contribution is 7.83. The molecule has 0 aliphatic carbocycles. The molecule has 1 unspecified atom stereocenters. The smallest absolute Gasteiger partial charge is 0.241 e. The van der Waals surface area contributed by atoms with Gasteiger partial charge >= 0.3 is 0 Å². The van der Waals surface area contributed by atoms with Crippen molar-refractivity contribution in [2.75, 3.05) is 32.8 Å². The predicted molar refractivity (Wildman–Crippen MR) is 166 cm³/mol. The first kappa shape index (κ1) is 32.4. The van der Waals surface area contributed by atoms with Crippen LogP contribution in [0.1, 0.15) is 94.0 Å². The number of hydrogen-bond acceptors (Lipinski definition) is 5. The number of nitriles is 1. The van der Waals surface area contributed by atoms with Crippen LogP contribution in [0.2, 0.25) is 0 Å². The molecule has 0 saturated carbocycles. The van der Waals surface area contributed by atoms with E-state index in [9.17, 15) is 14.3 Å². The SMILES string of the molecule is C=C(OCC)N1CCN(C(=O)[C@H](Cc2cccc(C#N)c2)NS(=O)c2c(C(C)C)cc(C(C)C)cc2C(C)C)CC1. The number of nitrogens with one attached hydrogen (secondary N) is 1. The van der Waals surface area contributed by atoms with Gasteiger partial charge in [0.25, 0.3) is 0 Å². The summed E-state index contributed by atoms with van der Waals surface area (Å²) in [6.07, 6.45) is 0.323. The number of rotatable bonds is 12. The number of amides is 1. The quantitative estimate of drug-likeness (QED) is 0.322. The molecular weight excluding hydrogens is 532 g/mol. The molecule has 1 amide bonds. The summed E-state index contributed by atoms with van der Waals surface area (Å²) >= 11 is 0. The first-order valence-electron chi connectivity index (χ1n) is 14.7. The summed E-state index contributed by atoms with van der Waals surface area (Å²) in [5, 5.41) is 9.43. The maximum absolute atomic E-state index is 14.2. The minimum Gasteiger partial charge on any atom is -0.480 e. The molecule has 2 aromatic carbocycles. The number of carbonyl (C=O) groups excluding carboxylic acids is 1. The van der Waals surface area contributed by atoms with Crippen molar-refractivity contribution in [2.24, 2.45) is 0 Å². The number of piperazine rings is 1. The summed E-state index contributed by atoms with van der Waals surface area (Å²) < 4.78 is 23.1. The van der Waals surface area contributed by atoms with Crippen LogP contribution in [0.3, 0.4) is 0 Å². The number of benzene rings is 2. The molecule has 1 fully saturated rings. The number of ether oxygens (including phenoxy) is 1. The van der Waals surface area contributed by atoms with E-state index in [1.807, 2.05) is 28.9 Å². The Morgan fingerprint density at radius 1 is 1.00 bits per heavy atom. The van der Waals surface area contributed by atoms with Crippen LogP contribution in [0.4, 0.5) is 0 Å². The Morgan fingerprint density at radius 2 is 1.59 bits per heavy atom. The van der Waals surface area contributed by atoms with Crippen molar-refractivity contribution >= 4 is 16.9 Å². The normalized spacial score (nSPS) is 15.2. The molecule has 0 spiro atoms. The van der Waals surface area contributed by atoms with E-state index in [0.717, 1.165) is 21.6 Å². The minimum atomic E-state index is -1.63. The fourth-order valence-electron chi connectivity index (χ4n) is 5.13. The van der Waals surface area contributed by atoms with Gasteiger partial charge in [-0.2, -0.15) is 5.26 Å². The summed E-state index contributed by atoms with van der Waals surface area (Å²) in [5.41, 5.74) is 4.70. The topological polar surface area (TPSA) is 85.7 Å². The second-order valence-electron chi connectivity index (χ2n) is 11.6. The Bertz CT molecular complexity index is 1260. The first-order chi connectivity index (χ1) is 19.5. The highest BCUT2D eigenvalue weighted by Crippen LogP contribution is 2.34. The van der Waals surface area contributed by atoms with Gasteiger partial charge in [0.1, 0.15) is 17.0 Å². The van der Waals surface area contributed by atoms with E-state index in [4.69, 9.17) is 4.74 Å². The number of hydrogen-bond donors (Lipinski definition) is 1. The van der Waals surface area contributed by atoms with Gasteiger partial charge in [0.15, 0.2) is 5.88 Å². The molecule has 0 aromatic heterocycles. The standard InChI is InChI=1S/C33H46N4O3S/c1-9-40-25(8)36-13-15-37(16-14-36)33(38)31(18-26-11-10-12-27(17-26)21-34)35-41(39)32-29(23(4)5)19-28(22(2)3)20-30(32)24(6)7/h10-12,17,19-20,22-24,31,35H,8-9,13-16,18H2,1-7H3/t31-,41?/m0/s1. The molecule has 3 rings (SSSR count). The van der Waals surface area contributed by atoms with Crippen LogP contribution in [-0.2, 0) is 26.9 Å². The summed E-state index contributed by atoms with van der Waals surface area (Å²) in [5.74, 6) is 1.20. The van der Waals surface area contributed by atoms with Gasteiger partial charge in [-0.1, -0.05) is 65.8 Å². The molecule has 8 heteroatoms. The van der Waals surface area contributed by atoms with Gasteiger partial charge < -0.3 is 14.5 Å². The van der Waals surface area contributed by atoms with Crippen molar-refractivity contribution in [1.82, 2.24) is 14.5 Å². The molecule has 1 N–H and O–H groups in total. The van der Waals surface area contributed by atoms with E-state index >= 15 is 0 Å². The van der Waals surface area contributed by atoms with Crippen molar-refractivity contribution in [3.63, 3.8) is 0 Å². The lowest BCUT2D eigenvalue weighted by molar-refractivity contribution is -0.134. The molecule has 1 saturated heterocycles. The molecule has 0 bridgehead atoms. The first-order valence-corrected chi connectivity index (χ1v) is 15.8. The van der Waals surface area contributed by atoms with E-state index in [2.05, 4.69) is 71.0 Å². The van der Waals surface area contributed by atoms with Crippen molar-refractivity contribution in [1.29, 1.82) is 5.26 Å². The molecule has 2 atom stereocenters. The van der Waals surface area contributed by atoms with Crippen LogP contribution in [0.15, 0.2) is 53.8 Å². The van der Waals surface area contributed by atoms with E-state index in [1.54, 1.807) is 12.1 Å². The van der Waals surface area contributed by atoms with Crippen LogP contribution in [0.25, 0.3) is 0 Å². The van der Waals surface area contributed by atoms with E-state index in [0.29, 0.717) is 56.6 Å². The van der Waals surface area contributed by atoms with Crippen LogP contribution in [0.5, 0.6) is 0 Å². The van der Waals surface area contributed by atoms with E-state index < -0.39 is 17.0 Å². The summed E-state index contributed by atoms with van der Waals surface area (Å²) in [6.45, 7) is 21.6. The van der Waals surface area contributed by atoms with Crippen molar-refractivity contribution in [3.8, 4) is 6.07 Å². The zero-order chi connectivity index (χ0) is 30.3. The van der Waals surface area contributed by atoms with Gasteiger partial charge in [-0.05, 0) is 72.1 Å². The molecule has 1 heterocycles. The summed E-state index contributed by atoms with van der Waals surface area (Å²) in [7, 11) is -1.63. The van der Waals surface area contributed by atoms with Crippen LogP contribution in [0, 0.1) is 11.3 Å². The van der Waals surface area contributed by atoms with E-state index in [1.165, 1.54) is 5.56 Å². The third-order valence-electron chi connectivity index (χ3n) is 7.56. The van der Waals surface area contributed by atoms with Gasteiger partial charge in [0.05, 0.1) is 23.1 Å². The molecule has 1 aliphatic heterocycles. The Kier molecular flexibility index (Phi) is 11.6. The fraction of sp³-hybridized carbons (Fsp3) is 0.515. The maximum Gasteiger partial charge on any atom is 0.241 e. The molecule has 41 heavy (non-hydrogen) atoms. The lowest BCUT2D eigenvalue weighted by Gasteiger charge is -2.37. The van der Waals surface area contributed by atoms with Crippen LogP contribution < -0.4 is 4.72 Å². The van der Waals surface area contributed by atoms with Crippen molar-refractivity contribution in [3.05, 3.63) is 76.7 Å². The second kappa shape index (κ2) is 14.7. The minimum absolute atomic E-state index is 0.0987. The Morgan fingerprint density at radius 3 is 2.10 bits per heavy atom. The third kappa shape index (κ3) is 8.21. The molecule has 7 nitrogen and oxygen atoms in total. The highest BCUT2D eigenvalue weighted by atomic mass is 32.2. The van der Waals surface area contributed by atoms with Gasteiger partial charge in [-0.3, -0.25) is 4.79 Å². The zero-order valence-electron chi connectivity index (χ0n) is 25.7. The zero-order valence-corrected chi connectivity index (χ0v) is 26.5. The predicted octanol–water partition coefficient (Wildman–Crippen LogP) is 5.80. The molecule has 222 valence electrons. The van der Waals surface area contributed by atoms with Gasteiger partial charge in [-0.25, -0.2) is 8.93 Å². The Balaban J connectivity index is 1.96. The Labute approximate surface area is 249 Å². The van der Waals surface area contributed by atoms with Crippen molar-refractivity contribution in [2.45, 2.75) is 83.6 Å². The lowest BCUT2D eigenvalue weighted by atomic mass is 9.89. The second-order valence-corrected chi connectivity index (χ2v) is 12.8. The molecular formula is C33H46N4O3S. The lowest BCUT2D eigenvalue weighted by Crippen LogP contribution is -2.54. The van der Waals surface area contributed by atoms with Gasteiger partial charge in [0.2, 0.25) is 5.91 Å². The van der Waals surface area contributed by atoms with Crippen LogP contribution >= 0.6 is 0 Å². The van der Waals surface area contributed by atoms with Crippen molar-refractivity contribution < 1.29 is 13.7 Å². The molecule has 0 radical (unpaired) electrons. The third-order valence-corrected chi connectivity index (χ3v) is 8.90. The highest BCUT2D eigenvalue weighted by Gasteiger charge is 2.31. The largest absolute Gasteiger partial charge is 0.480 e. The number of carbonyl (C=O) groups is 1. The maximum atomic E-state index is 14.2. The molecule has 1 aliphatic rings. The molecule has 2 aromatic rings. The average Bonchev–Trinajstić information content (AvgIpc) is 2.95. The summed E-state index contributed by atoms with van der Waals surface area (Å²) in [4.78, 5) is 18.7. The average molecular weight is 579 g/mol. The van der Waals surface area contributed by atoms with E-state index in [-0.39, 0.29) is 17.7 Å². The van der Waals surface area contributed by atoms with Gasteiger partial charge in [-0.15, -0.1) is 0 Å². The Hall–Kier alpha value is -3.15. The van der Waals surface area contributed by atoms with Crippen LogP contribution in [-0.4, -0.2) is 58.7 Å².